The number of rotatable bonds is 3. The molecule has 0 saturated carbocycles. The van der Waals surface area contributed by atoms with Gasteiger partial charge in [0.2, 0.25) is 0 Å². The molecule has 0 bridgehead atoms. The summed E-state index contributed by atoms with van der Waals surface area (Å²) in [5, 5.41) is 7.79. The van der Waals surface area contributed by atoms with Crippen LogP contribution in [0.15, 0.2) is 48.5 Å². The predicted molar refractivity (Wildman–Crippen MR) is 72.5 cm³/mol. The van der Waals surface area contributed by atoms with Crippen molar-refractivity contribution in [1.29, 1.82) is 0 Å². The van der Waals surface area contributed by atoms with Crippen molar-refractivity contribution in [2.45, 2.75) is 5.38 Å². The lowest BCUT2D eigenvalue weighted by Crippen LogP contribution is -2.04. The number of aliphatic carboxylic acids is 1. The Labute approximate surface area is 110 Å². The van der Waals surface area contributed by atoms with Crippen LogP contribution in [-0.4, -0.2) is 11.1 Å². The molecule has 0 amide bonds. The van der Waals surface area contributed by atoms with Gasteiger partial charge in [-0.25, -0.2) is 0 Å². The van der Waals surface area contributed by atoms with E-state index in [1.807, 2.05) is 36.4 Å². The van der Waals surface area contributed by atoms with Crippen LogP contribution in [0.5, 0.6) is 0 Å². The molecule has 0 aliphatic heterocycles. The number of carboxylic acids is 1. The number of hydrogen-bond acceptors (Lipinski definition) is 2. The normalized spacial score (nSPS) is 12.1. The van der Waals surface area contributed by atoms with Crippen LogP contribution in [0.1, 0.15) is 10.9 Å². The van der Waals surface area contributed by atoms with Crippen LogP contribution in [0, 0.1) is 0 Å². The summed E-state index contributed by atoms with van der Waals surface area (Å²) in [5.74, 6) is -1.05. The Balaban J connectivity index is 2.34. The van der Waals surface area contributed by atoms with Gasteiger partial charge in [0.15, 0.2) is 5.38 Å². The van der Waals surface area contributed by atoms with E-state index in [-0.39, 0.29) is 0 Å². The van der Waals surface area contributed by atoms with Gasteiger partial charge in [0.05, 0.1) is 0 Å². The van der Waals surface area contributed by atoms with Crippen LogP contribution in [0.4, 0.5) is 5.69 Å². The van der Waals surface area contributed by atoms with Crippen LogP contribution in [0.25, 0.3) is 11.1 Å². The highest BCUT2D eigenvalue weighted by molar-refractivity contribution is 6.29. The molecule has 0 heterocycles. The highest BCUT2D eigenvalue weighted by atomic mass is 35.5. The zero-order valence-corrected chi connectivity index (χ0v) is 10.3. The Bertz CT molecular complexity index is 566. The number of carbonyl (C=O) groups is 1. The summed E-state index contributed by atoms with van der Waals surface area (Å²) in [6.07, 6.45) is 0. The van der Waals surface area contributed by atoms with E-state index < -0.39 is 11.3 Å². The Hall–Kier alpha value is -2.00. The van der Waals surface area contributed by atoms with Crippen molar-refractivity contribution in [3.8, 4) is 11.1 Å². The zero-order chi connectivity index (χ0) is 13.1. The van der Waals surface area contributed by atoms with E-state index in [2.05, 4.69) is 0 Å². The van der Waals surface area contributed by atoms with Crippen LogP contribution in [0.2, 0.25) is 0 Å². The maximum atomic E-state index is 10.8. The number of halogens is 1. The van der Waals surface area contributed by atoms with Crippen molar-refractivity contribution in [2.75, 3.05) is 5.73 Å². The van der Waals surface area contributed by atoms with E-state index in [9.17, 15) is 4.79 Å². The lowest BCUT2D eigenvalue weighted by molar-refractivity contribution is -0.136. The standard InChI is InChI=1S/C14H12ClNO2/c15-13(14(17)18)10-7-5-9(6-8-10)11-3-1-2-4-12(11)16/h1-8,13H,16H2,(H,17,18). The first-order chi connectivity index (χ1) is 8.59. The minimum Gasteiger partial charge on any atom is -0.480 e. The molecule has 1 unspecified atom stereocenters. The van der Waals surface area contributed by atoms with Gasteiger partial charge in [-0.1, -0.05) is 42.5 Å². The van der Waals surface area contributed by atoms with Crippen LogP contribution >= 0.6 is 11.6 Å². The SMILES string of the molecule is Nc1ccccc1-c1ccc(C(Cl)C(=O)O)cc1. The smallest absolute Gasteiger partial charge is 0.326 e. The van der Waals surface area contributed by atoms with Gasteiger partial charge in [0, 0.05) is 11.3 Å². The second kappa shape index (κ2) is 5.10. The molecule has 2 rings (SSSR count). The first-order valence-corrected chi connectivity index (χ1v) is 5.85. The van der Waals surface area contributed by atoms with Crippen molar-refractivity contribution in [1.82, 2.24) is 0 Å². The summed E-state index contributed by atoms with van der Waals surface area (Å²) < 4.78 is 0. The van der Waals surface area contributed by atoms with Crippen LogP contribution < -0.4 is 5.73 Å². The molecule has 0 aliphatic rings. The molecule has 0 fully saturated rings. The van der Waals surface area contributed by atoms with Crippen LogP contribution in [0.3, 0.4) is 0 Å². The molecule has 0 spiro atoms. The summed E-state index contributed by atoms with van der Waals surface area (Å²) in [7, 11) is 0. The van der Waals surface area contributed by atoms with E-state index in [0.29, 0.717) is 11.3 Å². The zero-order valence-electron chi connectivity index (χ0n) is 9.51. The Kier molecular flexibility index (Phi) is 3.53. The van der Waals surface area contributed by atoms with E-state index >= 15 is 0 Å². The van der Waals surface area contributed by atoms with E-state index in [0.717, 1.165) is 11.1 Å². The minimum absolute atomic E-state index is 0.558. The Morgan fingerprint density at radius 3 is 2.28 bits per heavy atom. The molecular formula is C14H12ClNO2. The fourth-order valence-corrected chi connectivity index (χ4v) is 1.88. The van der Waals surface area contributed by atoms with Gasteiger partial charge >= 0.3 is 5.97 Å². The number of para-hydroxylation sites is 1. The van der Waals surface area contributed by atoms with E-state index in [1.54, 1.807) is 12.1 Å². The predicted octanol–water partition coefficient (Wildman–Crippen LogP) is 3.30. The van der Waals surface area contributed by atoms with Crippen LogP contribution in [-0.2, 0) is 4.79 Å². The number of nitrogen functional groups attached to an aromatic ring is 1. The average Bonchev–Trinajstić information content (AvgIpc) is 2.38. The molecule has 2 aromatic carbocycles. The Morgan fingerprint density at radius 1 is 1.11 bits per heavy atom. The fraction of sp³-hybridized carbons (Fsp3) is 0.0714. The third kappa shape index (κ3) is 2.46. The molecule has 18 heavy (non-hydrogen) atoms. The molecule has 92 valence electrons. The first kappa shape index (κ1) is 12.5. The molecule has 0 aromatic heterocycles. The third-order valence-corrected chi connectivity index (χ3v) is 3.13. The van der Waals surface area contributed by atoms with E-state index in [4.69, 9.17) is 22.4 Å². The molecule has 0 aliphatic carbocycles. The number of benzene rings is 2. The molecule has 0 radical (unpaired) electrons. The summed E-state index contributed by atoms with van der Waals surface area (Å²) in [4.78, 5) is 10.8. The van der Waals surface area contributed by atoms with Gasteiger partial charge in [-0.2, -0.15) is 0 Å². The first-order valence-electron chi connectivity index (χ1n) is 5.41. The number of carboxylic acid groups (broad SMARTS) is 1. The van der Waals surface area contributed by atoms with Crippen molar-refractivity contribution in [3.05, 3.63) is 54.1 Å². The van der Waals surface area contributed by atoms with Gasteiger partial charge in [-0.05, 0) is 17.2 Å². The number of alkyl halides is 1. The summed E-state index contributed by atoms with van der Waals surface area (Å²) in [5.41, 5.74) is 8.98. The van der Waals surface area contributed by atoms with Crippen molar-refractivity contribution < 1.29 is 9.90 Å². The molecule has 3 N–H and O–H groups in total. The average molecular weight is 262 g/mol. The number of hydrogen-bond donors (Lipinski definition) is 2. The topological polar surface area (TPSA) is 63.3 Å². The highest BCUT2D eigenvalue weighted by Gasteiger charge is 2.15. The van der Waals surface area contributed by atoms with Crippen molar-refractivity contribution in [2.24, 2.45) is 0 Å². The monoisotopic (exact) mass is 261 g/mol. The number of nitrogens with two attached hydrogens (primary N) is 1. The van der Waals surface area contributed by atoms with Gasteiger partial charge < -0.3 is 10.8 Å². The highest BCUT2D eigenvalue weighted by Crippen LogP contribution is 2.28. The lowest BCUT2D eigenvalue weighted by Gasteiger charge is -2.08. The summed E-state index contributed by atoms with van der Waals surface area (Å²) in [6, 6.07) is 14.6. The lowest BCUT2D eigenvalue weighted by atomic mass is 10.0. The summed E-state index contributed by atoms with van der Waals surface area (Å²) >= 11 is 5.75. The van der Waals surface area contributed by atoms with Crippen molar-refractivity contribution in [3.63, 3.8) is 0 Å². The maximum Gasteiger partial charge on any atom is 0.326 e. The molecule has 0 saturated heterocycles. The third-order valence-electron chi connectivity index (χ3n) is 2.69. The fourth-order valence-electron chi connectivity index (χ4n) is 1.73. The molecular weight excluding hydrogens is 250 g/mol. The quantitative estimate of drug-likeness (QED) is 0.658. The largest absolute Gasteiger partial charge is 0.480 e. The van der Waals surface area contributed by atoms with Gasteiger partial charge in [-0.15, -0.1) is 11.6 Å². The van der Waals surface area contributed by atoms with Gasteiger partial charge in [0.1, 0.15) is 0 Å². The van der Waals surface area contributed by atoms with Gasteiger partial charge in [-0.3, -0.25) is 4.79 Å². The number of anilines is 1. The molecule has 1 atom stereocenters. The molecule has 4 heteroatoms. The molecule has 3 nitrogen and oxygen atoms in total. The molecule has 2 aromatic rings. The van der Waals surface area contributed by atoms with Gasteiger partial charge in [0.25, 0.3) is 0 Å². The van der Waals surface area contributed by atoms with Crippen molar-refractivity contribution >= 4 is 23.3 Å². The summed E-state index contributed by atoms with van der Waals surface area (Å²) in [6.45, 7) is 0. The minimum atomic E-state index is -1.05. The Morgan fingerprint density at radius 2 is 1.72 bits per heavy atom. The second-order valence-electron chi connectivity index (χ2n) is 3.91. The second-order valence-corrected chi connectivity index (χ2v) is 4.35. The van der Waals surface area contributed by atoms with E-state index in [1.165, 1.54) is 0 Å². The maximum absolute atomic E-state index is 10.8.